The summed E-state index contributed by atoms with van der Waals surface area (Å²) in [5.74, 6) is 0.210. The molecule has 0 radical (unpaired) electrons. The number of benzene rings is 1. The van der Waals surface area contributed by atoms with Crippen LogP contribution in [0, 0.1) is 5.82 Å². The van der Waals surface area contributed by atoms with Crippen LogP contribution in [0.4, 0.5) is 4.39 Å². The molecule has 0 spiro atoms. The molecule has 0 aliphatic rings. The van der Waals surface area contributed by atoms with E-state index in [0.717, 1.165) is 11.4 Å². The van der Waals surface area contributed by atoms with Crippen LogP contribution < -0.4 is 10.5 Å². The van der Waals surface area contributed by atoms with Crippen molar-refractivity contribution in [1.82, 2.24) is 9.78 Å². The van der Waals surface area contributed by atoms with Crippen molar-refractivity contribution in [2.75, 3.05) is 7.11 Å². The Bertz CT molecular complexity index is 478. The van der Waals surface area contributed by atoms with Gasteiger partial charge in [0.15, 0.2) is 0 Å². The number of nitrogens with two attached hydrogens (primary N) is 1. The highest BCUT2D eigenvalue weighted by molar-refractivity contribution is 5.34. The summed E-state index contributed by atoms with van der Waals surface area (Å²) in [7, 11) is 1.54. The summed E-state index contributed by atoms with van der Waals surface area (Å²) in [5.41, 5.74) is 7.16. The molecule has 1 aromatic carbocycles. The van der Waals surface area contributed by atoms with E-state index < -0.39 is 0 Å². The summed E-state index contributed by atoms with van der Waals surface area (Å²) < 4.78 is 19.4. The fraction of sp³-hybridized carbons (Fsp3) is 0.182. The van der Waals surface area contributed by atoms with Gasteiger partial charge in [0.1, 0.15) is 5.82 Å². The van der Waals surface area contributed by atoms with Crippen LogP contribution in [-0.4, -0.2) is 16.9 Å². The first kappa shape index (κ1) is 10.6. The molecule has 4 nitrogen and oxygen atoms in total. The van der Waals surface area contributed by atoms with Crippen LogP contribution in [0.15, 0.2) is 30.3 Å². The first-order chi connectivity index (χ1) is 7.74. The number of ether oxygens (including phenoxy) is 1. The van der Waals surface area contributed by atoms with Crippen LogP contribution in [0.2, 0.25) is 0 Å². The summed E-state index contributed by atoms with van der Waals surface area (Å²) in [4.78, 5) is 0. The molecule has 1 aromatic heterocycles. The highest BCUT2D eigenvalue weighted by atomic mass is 19.1. The quantitative estimate of drug-likeness (QED) is 0.854. The van der Waals surface area contributed by atoms with Gasteiger partial charge in [-0.15, -0.1) is 5.10 Å². The normalized spacial score (nSPS) is 10.4. The Morgan fingerprint density at radius 2 is 2.06 bits per heavy atom. The summed E-state index contributed by atoms with van der Waals surface area (Å²) in [6.45, 7) is 0.341. The Balaban J connectivity index is 2.45. The monoisotopic (exact) mass is 221 g/mol. The van der Waals surface area contributed by atoms with E-state index in [-0.39, 0.29) is 5.82 Å². The molecule has 0 saturated heterocycles. The summed E-state index contributed by atoms with van der Waals surface area (Å²) in [6, 6.07) is 7.79. The zero-order chi connectivity index (χ0) is 11.5. The van der Waals surface area contributed by atoms with Gasteiger partial charge in [0.05, 0.1) is 18.5 Å². The zero-order valence-electron chi connectivity index (χ0n) is 8.85. The lowest BCUT2D eigenvalue weighted by atomic mass is 10.3. The molecule has 0 fully saturated rings. The van der Waals surface area contributed by atoms with E-state index in [9.17, 15) is 4.39 Å². The Morgan fingerprint density at radius 1 is 1.38 bits per heavy atom. The predicted octanol–water partition coefficient (Wildman–Crippen LogP) is 1.48. The molecule has 0 amide bonds. The van der Waals surface area contributed by atoms with Crippen molar-refractivity contribution in [3.8, 4) is 11.6 Å². The lowest BCUT2D eigenvalue weighted by Crippen LogP contribution is -2.06. The van der Waals surface area contributed by atoms with Crippen LogP contribution in [0.25, 0.3) is 5.69 Å². The molecule has 84 valence electrons. The second-order valence-corrected chi connectivity index (χ2v) is 3.27. The van der Waals surface area contributed by atoms with Gasteiger partial charge in [0, 0.05) is 12.6 Å². The largest absolute Gasteiger partial charge is 0.480 e. The predicted molar refractivity (Wildman–Crippen MR) is 58.0 cm³/mol. The number of nitrogens with zero attached hydrogens (tertiary/aromatic N) is 2. The third kappa shape index (κ3) is 1.90. The van der Waals surface area contributed by atoms with Gasteiger partial charge in [-0.2, -0.15) is 0 Å². The van der Waals surface area contributed by atoms with Crippen molar-refractivity contribution in [3.63, 3.8) is 0 Å². The Labute approximate surface area is 92.4 Å². The molecule has 2 N–H and O–H groups in total. The fourth-order valence-corrected chi connectivity index (χ4v) is 1.45. The molecule has 1 heterocycles. The van der Waals surface area contributed by atoms with Crippen molar-refractivity contribution in [2.24, 2.45) is 5.73 Å². The fourth-order valence-electron chi connectivity index (χ4n) is 1.45. The lowest BCUT2D eigenvalue weighted by molar-refractivity contribution is 0.394. The molecule has 2 aromatic rings. The van der Waals surface area contributed by atoms with Gasteiger partial charge in [-0.25, -0.2) is 9.07 Å². The average Bonchev–Trinajstić information content (AvgIpc) is 2.73. The van der Waals surface area contributed by atoms with E-state index >= 15 is 0 Å². The molecule has 0 aliphatic carbocycles. The molecule has 2 rings (SSSR count). The highest BCUT2D eigenvalue weighted by Crippen LogP contribution is 2.16. The average molecular weight is 221 g/mol. The molecular weight excluding hydrogens is 209 g/mol. The third-order valence-electron chi connectivity index (χ3n) is 2.25. The van der Waals surface area contributed by atoms with Gasteiger partial charge < -0.3 is 10.5 Å². The molecule has 5 heteroatoms. The zero-order valence-corrected chi connectivity index (χ0v) is 8.85. The van der Waals surface area contributed by atoms with Crippen molar-refractivity contribution in [3.05, 3.63) is 41.8 Å². The second-order valence-electron chi connectivity index (χ2n) is 3.27. The van der Waals surface area contributed by atoms with Crippen molar-refractivity contribution >= 4 is 0 Å². The van der Waals surface area contributed by atoms with Crippen LogP contribution in [0.3, 0.4) is 0 Å². The number of rotatable bonds is 3. The summed E-state index contributed by atoms with van der Waals surface area (Å²) >= 11 is 0. The molecule has 0 bridgehead atoms. The third-order valence-corrected chi connectivity index (χ3v) is 2.25. The molecule has 0 unspecified atom stereocenters. The smallest absolute Gasteiger partial charge is 0.233 e. The Hall–Kier alpha value is -1.88. The first-order valence-corrected chi connectivity index (χ1v) is 4.83. The number of methoxy groups -OCH3 is 1. The maximum Gasteiger partial charge on any atom is 0.233 e. The van der Waals surface area contributed by atoms with E-state index in [1.165, 1.54) is 19.2 Å². The minimum atomic E-state index is -0.280. The number of hydrogen-bond acceptors (Lipinski definition) is 3. The highest BCUT2D eigenvalue weighted by Gasteiger charge is 2.08. The Kier molecular flexibility index (Phi) is 2.87. The minimum absolute atomic E-state index is 0.280. The molecule has 0 atom stereocenters. The van der Waals surface area contributed by atoms with E-state index in [1.807, 2.05) is 0 Å². The molecule has 0 aliphatic heterocycles. The molecule has 16 heavy (non-hydrogen) atoms. The van der Waals surface area contributed by atoms with Gasteiger partial charge in [-0.05, 0) is 24.3 Å². The topological polar surface area (TPSA) is 53.1 Å². The number of aromatic nitrogens is 2. The van der Waals surface area contributed by atoms with Gasteiger partial charge in [0.25, 0.3) is 0 Å². The molecule has 0 saturated carbocycles. The van der Waals surface area contributed by atoms with Gasteiger partial charge in [-0.3, -0.25) is 0 Å². The van der Waals surface area contributed by atoms with Crippen LogP contribution >= 0.6 is 0 Å². The second kappa shape index (κ2) is 4.32. The van der Waals surface area contributed by atoms with Gasteiger partial charge in [0.2, 0.25) is 5.88 Å². The Morgan fingerprint density at radius 3 is 2.62 bits per heavy atom. The minimum Gasteiger partial charge on any atom is -0.480 e. The number of halogens is 1. The van der Waals surface area contributed by atoms with E-state index in [1.54, 1.807) is 22.9 Å². The maximum atomic E-state index is 12.8. The van der Waals surface area contributed by atoms with E-state index in [4.69, 9.17) is 10.5 Å². The van der Waals surface area contributed by atoms with Crippen molar-refractivity contribution in [2.45, 2.75) is 6.54 Å². The maximum absolute atomic E-state index is 12.8. The van der Waals surface area contributed by atoms with Gasteiger partial charge in [-0.1, -0.05) is 0 Å². The summed E-state index contributed by atoms with van der Waals surface area (Å²) in [6.07, 6.45) is 0. The van der Waals surface area contributed by atoms with E-state index in [2.05, 4.69) is 5.10 Å². The van der Waals surface area contributed by atoms with Crippen LogP contribution in [0.5, 0.6) is 5.88 Å². The standard InChI is InChI=1S/C11H12FN3O/c1-16-11-6-10(7-13)15(14-11)9-4-2-8(12)3-5-9/h2-6H,7,13H2,1H3. The van der Waals surface area contributed by atoms with Crippen LogP contribution in [-0.2, 0) is 6.54 Å². The first-order valence-electron chi connectivity index (χ1n) is 4.83. The number of hydrogen-bond donors (Lipinski definition) is 1. The van der Waals surface area contributed by atoms with Crippen LogP contribution in [0.1, 0.15) is 5.69 Å². The summed E-state index contributed by atoms with van der Waals surface area (Å²) in [5, 5.41) is 4.19. The molecular formula is C11H12FN3O. The van der Waals surface area contributed by atoms with Gasteiger partial charge >= 0.3 is 0 Å². The lowest BCUT2D eigenvalue weighted by Gasteiger charge is -2.04. The SMILES string of the molecule is COc1cc(CN)n(-c2ccc(F)cc2)n1. The van der Waals surface area contributed by atoms with Crippen molar-refractivity contribution < 1.29 is 9.13 Å². The van der Waals surface area contributed by atoms with E-state index in [0.29, 0.717) is 12.4 Å². The van der Waals surface area contributed by atoms with Crippen molar-refractivity contribution in [1.29, 1.82) is 0 Å².